The molecule has 1 unspecified atom stereocenters. The average molecular weight is 607 g/mol. The van der Waals surface area contributed by atoms with Gasteiger partial charge in [-0.05, 0) is 69.5 Å². The third-order valence-corrected chi connectivity index (χ3v) is 9.31. The van der Waals surface area contributed by atoms with Crippen LogP contribution < -0.4 is 15.8 Å². The Kier molecular flexibility index (Phi) is 8.04. The zero-order valence-electron chi connectivity index (χ0n) is 25.3. The zero-order chi connectivity index (χ0) is 32.2. The normalized spacial score (nSPS) is 25.5. The number of nitrogens with one attached hydrogen (secondary N) is 1. The first-order valence-corrected chi connectivity index (χ1v) is 14.5. The molecule has 2 aromatic rings. The van der Waals surface area contributed by atoms with Crippen LogP contribution in [0.4, 0.5) is 0 Å². The van der Waals surface area contributed by atoms with Gasteiger partial charge in [-0.1, -0.05) is 6.92 Å². The Morgan fingerprint density at radius 3 is 2.52 bits per heavy atom. The number of methoxy groups -OCH3 is 1. The zero-order valence-corrected chi connectivity index (χ0v) is 25.3. The second-order valence-electron chi connectivity index (χ2n) is 12.0. The molecule has 0 saturated heterocycles. The summed E-state index contributed by atoms with van der Waals surface area (Å²) >= 11 is 0. The van der Waals surface area contributed by atoms with Crippen molar-refractivity contribution in [1.82, 2.24) is 15.2 Å². The van der Waals surface area contributed by atoms with Crippen molar-refractivity contribution in [2.24, 2.45) is 17.6 Å². The molecule has 3 aliphatic rings. The second-order valence-corrected chi connectivity index (χ2v) is 12.0. The number of likely N-dealkylation sites (N-methyl/N-ethyl adjacent to an activating group) is 1. The minimum atomic E-state index is -2.70. The lowest BCUT2D eigenvalue weighted by molar-refractivity contribution is -0.153. The summed E-state index contributed by atoms with van der Waals surface area (Å²) in [5.74, 6) is -6.43. The number of hydrogen-bond donors (Lipinski definition) is 6. The standard InChI is InChI=1S/C32H38N4O8/c1-6-14(2)34-13-17-10-18(15-7-8-21(44-5)35-12-15)19-9-16-11-20-25(36(3)4)28(39)24(31(33)42)30(41)32(20,43)29(40)22(16)27(38)23(19)26(17)37/h7-8,10,12,14,16,20,25,34,37-38,41,43H,6,9,11,13H2,1-5H3,(H2,33,42)/t14?,16-,20-,25-,32-/m1/s1. The Morgan fingerprint density at radius 2 is 1.95 bits per heavy atom. The number of primary amides is 1. The summed E-state index contributed by atoms with van der Waals surface area (Å²) in [6, 6.07) is 4.31. The smallest absolute Gasteiger partial charge is 0.255 e. The largest absolute Gasteiger partial charge is 0.508 e. The Morgan fingerprint density at radius 1 is 1.25 bits per heavy atom. The van der Waals surface area contributed by atoms with E-state index in [-0.39, 0.29) is 42.3 Å². The summed E-state index contributed by atoms with van der Waals surface area (Å²) in [5.41, 5.74) is 4.11. The number of pyridine rings is 1. The highest BCUT2D eigenvalue weighted by molar-refractivity contribution is 6.24. The third-order valence-electron chi connectivity index (χ3n) is 9.31. The Balaban J connectivity index is 1.74. The van der Waals surface area contributed by atoms with Gasteiger partial charge in [-0.15, -0.1) is 0 Å². The first-order valence-electron chi connectivity index (χ1n) is 14.5. The number of ether oxygens (including phenoxy) is 1. The predicted molar refractivity (Wildman–Crippen MR) is 161 cm³/mol. The fourth-order valence-corrected chi connectivity index (χ4v) is 6.85. The number of aromatic hydroxyl groups is 1. The summed E-state index contributed by atoms with van der Waals surface area (Å²) < 4.78 is 5.21. The van der Waals surface area contributed by atoms with Gasteiger partial charge in [-0.25, -0.2) is 4.98 Å². The van der Waals surface area contributed by atoms with Gasteiger partial charge in [-0.3, -0.25) is 19.3 Å². The molecule has 0 radical (unpaired) electrons. The van der Waals surface area contributed by atoms with Crippen LogP contribution in [-0.4, -0.2) is 86.7 Å². The number of benzene rings is 1. The molecule has 44 heavy (non-hydrogen) atoms. The number of ketones is 2. The van der Waals surface area contributed by atoms with Crippen LogP contribution in [0, 0.1) is 11.8 Å². The molecule has 0 spiro atoms. The lowest BCUT2D eigenvalue weighted by Crippen LogP contribution is -2.65. The number of aliphatic hydroxyl groups excluding tert-OH is 2. The van der Waals surface area contributed by atoms with Crippen molar-refractivity contribution in [3.63, 3.8) is 0 Å². The first-order chi connectivity index (χ1) is 20.8. The molecule has 7 N–H and O–H groups in total. The molecule has 5 rings (SSSR count). The van der Waals surface area contributed by atoms with Gasteiger partial charge < -0.3 is 36.2 Å². The molecule has 1 fully saturated rings. The number of Topliss-reactive ketones (excluding diaryl/α,β-unsaturated/α-hetero) is 2. The number of carbonyl (C=O) groups is 3. The Labute approximate surface area is 254 Å². The molecule has 3 aliphatic carbocycles. The molecule has 1 amide bonds. The van der Waals surface area contributed by atoms with Gasteiger partial charge in [0.05, 0.1) is 18.7 Å². The molecular weight excluding hydrogens is 568 g/mol. The van der Waals surface area contributed by atoms with E-state index in [1.807, 2.05) is 26.0 Å². The van der Waals surface area contributed by atoms with Crippen LogP contribution in [0.15, 0.2) is 41.3 Å². The maximum absolute atomic E-state index is 14.2. The van der Waals surface area contributed by atoms with Crippen LogP contribution in [0.2, 0.25) is 0 Å². The number of aromatic nitrogens is 1. The minimum absolute atomic E-state index is 0.00412. The number of nitrogens with two attached hydrogens (primary N) is 1. The van der Waals surface area contributed by atoms with Crippen LogP contribution in [0.1, 0.15) is 43.4 Å². The molecular formula is C32H38N4O8. The highest BCUT2D eigenvalue weighted by Crippen LogP contribution is 2.54. The molecule has 5 atom stereocenters. The van der Waals surface area contributed by atoms with Crippen LogP contribution >= 0.6 is 0 Å². The minimum Gasteiger partial charge on any atom is -0.508 e. The third kappa shape index (κ3) is 4.64. The number of carbonyl (C=O) groups excluding carboxylic acids is 3. The summed E-state index contributed by atoms with van der Waals surface area (Å²) in [6.45, 7) is 4.28. The van der Waals surface area contributed by atoms with Crippen molar-refractivity contribution in [2.45, 2.75) is 57.3 Å². The van der Waals surface area contributed by atoms with Gasteiger partial charge in [0.25, 0.3) is 5.91 Å². The number of fused-ring (bicyclic) bond motifs is 3. The molecule has 12 nitrogen and oxygen atoms in total. The Bertz CT molecular complexity index is 1610. The fourth-order valence-electron chi connectivity index (χ4n) is 6.85. The van der Waals surface area contributed by atoms with Gasteiger partial charge in [0, 0.05) is 47.5 Å². The van der Waals surface area contributed by atoms with E-state index in [0.717, 1.165) is 6.42 Å². The number of hydrogen-bond acceptors (Lipinski definition) is 11. The molecule has 1 aromatic heterocycles. The van der Waals surface area contributed by atoms with E-state index < -0.39 is 58.0 Å². The van der Waals surface area contributed by atoms with Gasteiger partial charge in [-0.2, -0.15) is 0 Å². The number of amides is 1. The molecule has 0 aliphatic heterocycles. The van der Waals surface area contributed by atoms with Crippen molar-refractivity contribution < 1.29 is 39.5 Å². The van der Waals surface area contributed by atoms with Crippen molar-refractivity contribution in [1.29, 1.82) is 0 Å². The van der Waals surface area contributed by atoms with Crippen molar-refractivity contribution in [3.8, 4) is 22.8 Å². The van der Waals surface area contributed by atoms with Crippen molar-refractivity contribution in [2.75, 3.05) is 21.2 Å². The van der Waals surface area contributed by atoms with Crippen LogP contribution in [-0.2, 0) is 27.3 Å². The number of rotatable bonds is 8. The quantitative estimate of drug-likeness (QED) is 0.240. The molecule has 12 heteroatoms. The fraction of sp³-hybridized carbons (Fsp3) is 0.438. The second kappa shape index (κ2) is 11.3. The van der Waals surface area contributed by atoms with Crippen molar-refractivity contribution >= 4 is 23.2 Å². The van der Waals surface area contributed by atoms with E-state index in [9.17, 15) is 34.8 Å². The van der Waals surface area contributed by atoms with E-state index in [1.54, 1.807) is 26.4 Å². The molecule has 1 saturated carbocycles. The molecule has 0 bridgehead atoms. The molecule has 234 valence electrons. The van der Waals surface area contributed by atoms with Gasteiger partial charge in [0.15, 0.2) is 11.4 Å². The van der Waals surface area contributed by atoms with Gasteiger partial charge >= 0.3 is 0 Å². The number of aliphatic hydroxyl groups is 3. The van der Waals surface area contributed by atoms with Gasteiger partial charge in [0.1, 0.15) is 22.8 Å². The maximum atomic E-state index is 14.2. The monoisotopic (exact) mass is 606 g/mol. The highest BCUT2D eigenvalue weighted by atomic mass is 16.5. The van der Waals surface area contributed by atoms with Crippen molar-refractivity contribution in [3.05, 3.63) is 58.0 Å². The first kappa shape index (κ1) is 31.2. The molecule has 1 heterocycles. The SMILES string of the molecule is CCC(C)NCc1cc(-c2ccc(OC)nc2)c2c(c1O)C(O)=C1C(=O)[C@@]3(O)C(O)=C(C(N)=O)C(=O)[C@H](N(C)C)[C@H]3C[C@H]1C2. The average Bonchev–Trinajstić information content (AvgIpc) is 2.98. The van der Waals surface area contributed by atoms with E-state index in [4.69, 9.17) is 10.5 Å². The Hall–Kier alpha value is -4.26. The molecule has 1 aromatic carbocycles. The van der Waals surface area contributed by atoms with Crippen LogP contribution in [0.5, 0.6) is 11.6 Å². The van der Waals surface area contributed by atoms with E-state index >= 15 is 0 Å². The lowest BCUT2D eigenvalue weighted by atomic mass is 9.57. The summed E-state index contributed by atoms with van der Waals surface area (Å²) in [4.78, 5) is 45.6. The highest BCUT2D eigenvalue weighted by Gasteiger charge is 2.64. The van der Waals surface area contributed by atoms with Crippen LogP contribution in [0.3, 0.4) is 0 Å². The van der Waals surface area contributed by atoms with E-state index in [1.165, 1.54) is 12.0 Å². The van der Waals surface area contributed by atoms with E-state index in [0.29, 0.717) is 28.1 Å². The number of nitrogens with zero attached hydrogens (tertiary/aromatic N) is 2. The number of phenols is 1. The number of phenolic OH excluding ortho intramolecular Hbond substituents is 1. The topological polar surface area (TPSA) is 196 Å². The summed E-state index contributed by atoms with van der Waals surface area (Å²) in [5, 5.41) is 49.6. The van der Waals surface area contributed by atoms with Crippen LogP contribution in [0.25, 0.3) is 16.9 Å². The lowest BCUT2D eigenvalue weighted by Gasteiger charge is -2.50. The summed E-state index contributed by atoms with van der Waals surface area (Å²) in [6.07, 6.45) is 2.63. The maximum Gasteiger partial charge on any atom is 0.255 e. The summed E-state index contributed by atoms with van der Waals surface area (Å²) in [7, 11) is 4.63. The predicted octanol–water partition coefficient (Wildman–Crippen LogP) is 1.92. The van der Waals surface area contributed by atoms with E-state index in [2.05, 4.69) is 10.3 Å². The van der Waals surface area contributed by atoms with Gasteiger partial charge in [0.2, 0.25) is 11.7 Å².